The summed E-state index contributed by atoms with van der Waals surface area (Å²) in [6.45, 7) is 7.25. The molecule has 172 valence electrons. The molecule has 9 nitrogen and oxygen atoms in total. The van der Waals surface area contributed by atoms with Crippen LogP contribution in [-0.2, 0) is 4.74 Å². The molecule has 2 amide bonds. The Hall–Kier alpha value is -2.68. The van der Waals surface area contributed by atoms with Gasteiger partial charge in [0.15, 0.2) is 11.5 Å². The van der Waals surface area contributed by atoms with Crippen LogP contribution in [-0.4, -0.2) is 73.7 Å². The maximum absolute atomic E-state index is 12.9. The first-order chi connectivity index (χ1) is 14.7. The van der Waals surface area contributed by atoms with Crippen molar-refractivity contribution in [3.05, 3.63) is 17.7 Å². The Kier molecular flexibility index (Phi) is 7.15. The molecule has 0 saturated carbocycles. The number of nitrogens with zero attached hydrogens (tertiary/aromatic N) is 1. The van der Waals surface area contributed by atoms with Crippen molar-refractivity contribution in [3.63, 3.8) is 0 Å². The molecule has 2 heterocycles. The molecule has 1 aromatic rings. The molecule has 0 spiro atoms. The summed E-state index contributed by atoms with van der Waals surface area (Å²) in [5.74, 6) is 0.828. The van der Waals surface area contributed by atoms with Crippen molar-refractivity contribution in [3.8, 4) is 17.2 Å². The van der Waals surface area contributed by atoms with Gasteiger partial charge in [0.2, 0.25) is 5.75 Å². The molecule has 0 aromatic heterocycles. The molecule has 0 radical (unpaired) electrons. The van der Waals surface area contributed by atoms with Crippen LogP contribution >= 0.6 is 0 Å². The largest absolute Gasteiger partial charge is 0.493 e. The van der Waals surface area contributed by atoms with Gasteiger partial charge in [-0.25, -0.2) is 4.79 Å². The van der Waals surface area contributed by atoms with Crippen molar-refractivity contribution in [2.45, 2.75) is 45.3 Å². The molecule has 2 aliphatic rings. The second-order valence-electron chi connectivity index (χ2n) is 8.78. The smallest absolute Gasteiger partial charge is 0.410 e. The van der Waals surface area contributed by atoms with Crippen LogP contribution in [0.1, 0.15) is 44.0 Å². The van der Waals surface area contributed by atoms with E-state index >= 15 is 0 Å². The molecule has 2 aliphatic heterocycles. The van der Waals surface area contributed by atoms with Gasteiger partial charge in [0, 0.05) is 25.4 Å². The van der Waals surface area contributed by atoms with E-state index in [0.717, 1.165) is 0 Å². The van der Waals surface area contributed by atoms with Gasteiger partial charge >= 0.3 is 6.09 Å². The average molecular weight is 437 g/mol. The number of aliphatic hydroxyl groups excluding tert-OH is 1. The van der Waals surface area contributed by atoms with E-state index in [4.69, 9.17) is 18.9 Å². The summed E-state index contributed by atoms with van der Waals surface area (Å²) in [4.78, 5) is 26.6. The second-order valence-corrected chi connectivity index (χ2v) is 8.78. The number of carbonyl (C=O) groups is 2. The van der Waals surface area contributed by atoms with Crippen LogP contribution in [0.2, 0.25) is 0 Å². The Morgan fingerprint density at radius 3 is 2.58 bits per heavy atom. The highest BCUT2D eigenvalue weighted by atomic mass is 16.6. The molecule has 31 heavy (non-hydrogen) atoms. The summed E-state index contributed by atoms with van der Waals surface area (Å²) >= 11 is 0. The molecular formula is C22H32N2O7. The zero-order valence-corrected chi connectivity index (χ0v) is 18.6. The number of nitrogens with one attached hydrogen (secondary N) is 1. The molecule has 2 N–H and O–H groups in total. The van der Waals surface area contributed by atoms with Crippen LogP contribution < -0.4 is 19.5 Å². The van der Waals surface area contributed by atoms with Gasteiger partial charge in [-0.2, -0.15) is 0 Å². The molecule has 2 atom stereocenters. The van der Waals surface area contributed by atoms with Gasteiger partial charge in [-0.15, -0.1) is 0 Å². The number of hydrogen-bond acceptors (Lipinski definition) is 7. The highest BCUT2D eigenvalue weighted by Gasteiger charge is 2.33. The van der Waals surface area contributed by atoms with E-state index in [9.17, 15) is 14.7 Å². The summed E-state index contributed by atoms with van der Waals surface area (Å²) in [7, 11) is 1.54. The number of carbonyl (C=O) groups excluding carboxylic acids is 2. The number of rotatable bonds is 4. The Bertz CT molecular complexity index is 806. The van der Waals surface area contributed by atoms with Gasteiger partial charge in [-0.3, -0.25) is 4.79 Å². The number of fused-ring (bicyclic) bond motifs is 1. The first-order valence-corrected chi connectivity index (χ1v) is 10.6. The number of benzene rings is 1. The molecule has 1 unspecified atom stereocenters. The number of amides is 2. The molecule has 3 rings (SSSR count). The number of likely N-dealkylation sites (tertiary alicyclic amines) is 1. The van der Waals surface area contributed by atoms with Crippen molar-refractivity contribution in [2.75, 3.05) is 40.0 Å². The van der Waals surface area contributed by atoms with Crippen LogP contribution in [0.15, 0.2) is 12.1 Å². The summed E-state index contributed by atoms with van der Waals surface area (Å²) in [5, 5.41) is 13.4. The van der Waals surface area contributed by atoms with Crippen molar-refractivity contribution >= 4 is 12.0 Å². The molecule has 0 aliphatic carbocycles. The monoisotopic (exact) mass is 436 g/mol. The fourth-order valence-electron chi connectivity index (χ4n) is 3.60. The number of ether oxygens (including phenoxy) is 4. The van der Waals surface area contributed by atoms with Crippen molar-refractivity contribution < 1.29 is 33.6 Å². The summed E-state index contributed by atoms with van der Waals surface area (Å²) in [5.41, 5.74) is -0.229. The Labute approximate surface area is 182 Å². The number of hydrogen-bond donors (Lipinski definition) is 2. The van der Waals surface area contributed by atoms with Crippen LogP contribution in [0, 0.1) is 5.92 Å². The predicted octanol–water partition coefficient (Wildman–Crippen LogP) is 2.20. The van der Waals surface area contributed by atoms with Gasteiger partial charge in [-0.05, 0) is 39.3 Å². The van der Waals surface area contributed by atoms with Crippen LogP contribution in [0.3, 0.4) is 0 Å². The van der Waals surface area contributed by atoms with E-state index in [-0.39, 0.29) is 24.9 Å². The first-order valence-electron chi connectivity index (χ1n) is 10.6. The molecule has 0 bridgehead atoms. The standard InChI is InChI=1S/C22H32N2O7/c1-22(2,3)31-21(27)24-9-8-14(16(25)13-24)12-23-20(26)15-6-7-17(28-4)19-18(15)29-10-5-11-30-19/h6-7,14,16,25H,5,8-13H2,1-4H3,(H,23,26)/t14?,16-/m1/s1. The fourth-order valence-corrected chi connectivity index (χ4v) is 3.60. The normalized spacial score (nSPS) is 21.1. The number of piperidine rings is 1. The van der Waals surface area contributed by atoms with Gasteiger partial charge in [0.05, 0.1) is 38.5 Å². The SMILES string of the molecule is COc1ccc(C(=O)NCC2CCN(C(=O)OC(C)(C)C)C[C@H]2O)c2c1OCCCO2. The van der Waals surface area contributed by atoms with Crippen molar-refractivity contribution in [2.24, 2.45) is 5.92 Å². The van der Waals surface area contributed by atoms with Crippen LogP contribution in [0.4, 0.5) is 4.79 Å². The third-order valence-corrected chi connectivity index (χ3v) is 5.22. The highest BCUT2D eigenvalue weighted by Crippen LogP contribution is 2.41. The van der Waals surface area contributed by atoms with Gasteiger partial charge in [0.25, 0.3) is 5.91 Å². The van der Waals surface area contributed by atoms with Gasteiger partial charge in [0.1, 0.15) is 5.60 Å². The van der Waals surface area contributed by atoms with E-state index in [1.54, 1.807) is 32.9 Å². The Balaban J connectivity index is 1.60. The highest BCUT2D eigenvalue weighted by molar-refractivity contribution is 5.98. The first kappa shape index (κ1) is 23.0. The third-order valence-electron chi connectivity index (χ3n) is 5.22. The number of β-amino-alcohol motifs (C(OH)–C–C–N with tert-alkyl or cyclic N) is 1. The molecular weight excluding hydrogens is 404 g/mol. The minimum atomic E-state index is -0.755. The van der Waals surface area contributed by atoms with E-state index in [1.165, 1.54) is 12.0 Å². The van der Waals surface area contributed by atoms with Gasteiger partial charge < -0.3 is 34.3 Å². The molecule has 9 heteroatoms. The van der Waals surface area contributed by atoms with E-state index in [2.05, 4.69) is 5.32 Å². The number of aliphatic hydroxyl groups is 1. The minimum absolute atomic E-state index is 0.170. The Morgan fingerprint density at radius 1 is 1.23 bits per heavy atom. The lowest BCUT2D eigenvalue weighted by Gasteiger charge is -2.36. The maximum Gasteiger partial charge on any atom is 0.410 e. The van der Waals surface area contributed by atoms with Crippen LogP contribution in [0.25, 0.3) is 0 Å². The maximum atomic E-state index is 12.9. The summed E-state index contributed by atoms with van der Waals surface area (Å²) < 4.78 is 22.2. The quantitative estimate of drug-likeness (QED) is 0.745. The van der Waals surface area contributed by atoms with Crippen LogP contribution in [0.5, 0.6) is 17.2 Å². The average Bonchev–Trinajstić information content (AvgIpc) is 2.96. The molecule has 1 fully saturated rings. The van der Waals surface area contributed by atoms with Crippen molar-refractivity contribution in [1.82, 2.24) is 10.2 Å². The lowest BCUT2D eigenvalue weighted by molar-refractivity contribution is -0.0122. The lowest BCUT2D eigenvalue weighted by Crippen LogP contribution is -2.50. The van der Waals surface area contributed by atoms with E-state index < -0.39 is 17.8 Å². The van der Waals surface area contributed by atoms with Crippen molar-refractivity contribution in [1.29, 1.82) is 0 Å². The van der Waals surface area contributed by atoms with E-state index in [1.807, 2.05) is 0 Å². The summed E-state index contributed by atoms with van der Waals surface area (Å²) in [6, 6.07) is 3.32. The number of methoxy groups -OCH3 is 1. The lowest BCUT2D eigenvalue weighted by atomic mass is 9.94. The Morgan fingerprint density at radius 2 is 1.94 bits per heavy atom. The topological polar surface area (TPSA) is 107 Å². The fraction of sp³-hybridized carbons (Fsp3) is 0.636. The second kappa shape index (κ2) is 9.64. The summed E-state index contributed by atoms with van der Waals surface area (Å²) in [6.07, 6.45) is 0.0729. The third kappa shape index (κ3) is 5.72. The predicted molar refractivity (Wildman–Crippen MR) is 113 cm³/mol. The van der Waals surface area contributed by atoms with Gasteiger partial charge in [-0.1, -0.05) is 0 Å². The van der Waals surface area contributed by atoms with E-state index in [0.29, 0.717) is 55.4 Å². The zero-order valence-electron chi connectivity index (χ0n) is 18.6. The molecule has 1 aromatic carbocycles. The molecule has 1 saturated heterocycles. The zero-order chi connectivity index (χ0) is 22.6. The minimum Gasteiger partial charge on any atom is -0.493 e.